The Kier molecular flexibility index (Phi) is 5.75. The van der Waals surface area contributed by atoms with Gasteiger partial charge >= 0.3 is 0 Å². The maximum atomic E-state index is 13.5. The van der Waals surface area contributed by atoms with Crippen molar-refractivity contribution in [2.45, 2.75) is 12.8 Å². The summed E-state index contributed by atoms with van der Waals surface area (Å²) in [7, 11) is 0. The average molecular weight is 446 g/mol. The van der Waals surface area contributed by atoms with Gasteiger partial charge in [-0.25, -0.2) is 4.98 Å². The molecule has 5 aromatic rings. The number of benzene rings is 4. The van der Waals surface area contributed by atoms with Crippen molar-refractivity contribution < 1.29 is 4.79 Å². The standard InChI is InChI=1S/C29H23N3O2/c1-20-30-26-18-9-8-17-25(26)29(34)32(20)24-16-10-15-23(19-24)31-28(33)27(21-11-4-2-5-12-21)22-13-6-3-7-14-22/h2-19,27H,1H3,(H,31,33). The number of hydrogen-bond donors (Lipinski definition) is 1. The van der Waals surface area contributed by atoms with Crippen LogP contribution in [-0.2, 0) is 4.79 Å². The number of aryl methyl sites for hydroxylation is 1. The first-order valence-corrected chi connectivity index (χ1v) is 11.1. The van der Waals surface area contributed by atoms with E-state index in [4.69, 9.17) is 0 Å². The molecule has 0 aliphatic rings. The van der Waals surface area contributed by atoms with E-state index in [-0.39, 0.29) is 11.5 Å². The molecule has 0 saturated heterocycles. The van der Waals surface area contributed by atoms with Gasteiger partial charge in [-0.15, -0.1) is 0 Å². The highest BCUT2D eigenvalue weighted by molar-refractivity contribution is 5.98. The van der Waals surface area contributed by atoms with Crippen LogP contribution in [0, 0.1) is 6.92 Å². The summed E-state index contributed by atoms with van der Waals surface area (Å²) in [6.45, 7) is 1.81. The van der Waals surface area contributed by atoms with E-state index in [1.165, 1.54) is 0 Å². The van der Waals surface area contributed by atoms with E-state index < -0.39 is 5.92 Å². The molecule has 0 saturated carbocycles. The summed E-state index contributed by atoms with van der Waals surface area (Å²) < 4.78 is 1.57. The number of carbonyl (C=O) groups excluding carboxylic acids is 1. The first kappa shape index (κ1) is 21.3. The summed E-state index contributed by atoms with van der Waals surface area (Å²) >= 11 is 0. The number of rotatable bonds is 5. The highest BCUT2D eigenvalue weighted by Gasteiger charge is 2.23. The third-order valence-electron chi connectivity index (χ3n) is 5.84. The van der Waals surface area contributed by atoms with Crippen molar-refractivity contribution in [3.8, 4) is 5.69 Å². The van der Waals surface area contributed by atoms with Crippen LogP contribution in [-0.4, -0.2) is 15.5 Å². The lowest BCUT2D eigenvalue weighted by Crippen LogP contribution is -2.24. The molecule has 0 radical (unpaired) electrons. The second kappa shape index (κ2) is 9.16. The fourth-order valence-electron chi connectivity index (χ4n) is 4.27. The Morgan fingerprint density at radius 3 is 2.09 bits per heavy atom. The Labute approximate surface area is 197 Å². The van der Waals surface area contributed by atoms with E-state index in [1.807, 2.05) is 97.1 Å². The van der Waals surface area contributed by atoms with Crippen LogP contribution >= 0.6 is 0 Å². The molecular weight excluding hydrogens is 422 g/mol. The molecule has 0 bridgehead atoms. The number of fused-ring (bicyclic) bond motifs is 1. The van der Waals surface area contributed by atoms with Crippen LogP contribution in [0.4, 0.5) is 5.69 Å². The van der Waals surface area contributed by atoms with Crippen molar-refractivity contribution in [1.82, 2.24) is 9.55 Å². The predicted octanol–water partition coefficient (Wildman–Crippen LogP) is 5.46. The lowest BCUT2D eigenvalue weighted by molar-refractivity contribution is -0.116. The molecule has 0 aliphatic carbocycles. The summed E-state index contributed by atoms with van der Waals surface area (Å²) in [5.41, 5.74) is 3.60. The molecule has 34 heavy (non-hydrogen) atoms. The van der Waals surface area contributed by atoms with Crippen molar-refractivity contribution in [2.24, 2.45) is 0 Å². The van der Waals surface area contributed by atoms with Crippen LogP contribution in [0.2, 0.25) is 0 Å². The number of carbonyl (C=O) groups is 1. The number of anilines is 1. The topological polar surface area (TPSA) is 64.0 Å². The van der Waals surface area contributed by atoms with Gasteiger partial charge in [-0.05, 0) is 48.4 Å². The van der Waals surface area contributed by atoms with Crippen LogP contribution in [0.25, 0.3) is 16.6 Å². The van der Waals surface area contributed by atoms with Gasteiger partial charge in [0.2, 0.25) is 5.91 Å². The van der Waals surface area contributed by atoms with E-state index in [1.54, 1.807) is 23.6 Å². The van der Waals surface area contributed by atoms with E-state index >= 15 is 0 Å². The second-order valence-electron chi connectivity index (χ2n) is 8.11. The van der Waals surface area contributed by atoms with Gasteiger partial charge < -0.3 is 5.32 Å². The molecule has 1 heterocycles. The number of nitrogens with zero attached hydrogens (tertiary/aromatic N) is 2. The van der Waals surface area contributed by atoms with Crippen LogP contribution in [0.15, 0.2) is 114 Å². The number of aromatic nitrogens is 2. The van der Waals surface area contributed by atoms with Crippen LogP contribution in [0.1, 0.15) is 22.9 Å². The minimum atomic E-state index is -0.460. The molecule has 0 atom stereocenters. The van der Waals surface area contributed by atoms with Crippen LogP contribution in [0.3, 0.4) is 0 Å². The summed E-state index contributed by atoms with van der Waals surface area (Å²) in [6, 6.07) is 34.0. The zero-order valence-corrected chi connectivity index (χ0v) is 18.7. The molecule has 166 valence electrons. The molecule has 5 nitrogen and oxygen atoms in total. The van der Waals surface area contributed by atoms with E-state index in [0.29, 0.717) is 28.1 Å². The third-order valence-corrected chi connectivity index (χ3v) is 5.84. The summed E-state index contributed by atoms with van der Waals surface area (Å²) in [4.78, 5) is 31.3. The molecule has 0 spiro atoms. The van der Waals surface area contributed by atoms with Crippen molar-refractivity contribution in [3.05, 3.63) is 136 Å². The largest absolute Gasteiger partial charge is 0.325 e. The number of nitrogens with one attached hydrogen (secondary N) is 1. The summed E-state index contributed by atoms with van der Waals surface area (Å²) in [5.74, 6) is -0.0215. The quantitative estimate of drug-likeness (QED) is 0.390. The number of hydrogen-bond acceptors (Lipinski definition) is 3. The van der Waals surface area contributed by atoms with E-state index in [2.05, 4.69) is 10.3 Å². The molecule has 5 rings (SSSR count). The second-order valence-corrected chi connectivity index (χ2v) is 8.11. The first-order valence-electron chi connectivity index (χ1n) is 11.1. The molecule has 0 unspecified atom stereocenters. The van der Waals surface area contributed by atoms with Crippen LogP contribution in [0.5, 0.6) is 0 Å². The fraction of sp³-hybridized carbons (Fsp3) is 0.0690. The van der Waals surface area contributed by atoms with Gasteiger partial charge in [-0.1, -0.05) is 78.9 Å². The van der Waals surface area contributed by atoms with E-state index in [0.717, 1.165) is 11.1 Å². The van der Waals surface area contributed by atoms with Gasteiger partial charge in [0, 0.05) is 5.69 Å². The van der Waals surface area contributed by atoms with Crippen molar-refractivity contribution >= 4 is 22.5 Å². The zero-order chi connectivity index (χ0) is 23.5. The molecule has 4 aromatic carbocycles. The Morgan fingerprint density at radius 2 is 1.41 bits per heavy atom. The SMILES string of the molecule is Cc1nc2ccccc2c(=O)n1-c1cccc(NC(=O)C(c2ccccc2)c2ccccc2)c1. The van der Waals surface area contributed by atoms with Gasteiger partial charge in [-0.2, -0.15) is 0 Å². The molecule has 1 amide bonds. The van der Waals surface area contributed by atoms with Crippen molar-refractivity contribution in [3.63, 3.8) is 0 Å². The fourth-order valence-corrected chi connectivity index (χ4v) is 4.27. The highest BCUT2D eigenvalue weighted by atomic mass is 16.2. The van der Waals surface area contributed by atoms with Gasteiger partial charge in [0.25, 0.3) is 5.56 Å². The highest BCUT2D eigenvalue weighted by Crippen LogP contribution is 2.27. The van der Waals surface area contributed by atoms with Crippen molar-refractivity contribution in [2.75, 3.05) is 5.32 Å². The summed E-state index contributed by atoms with van der Waals surface area (Å²) in [5, 5.41) is 3.60. The lowest BCUT2D eigenvalue weighted by Gasteiger charge is -2.18. The minimum Gasteiger partial charge on any atom is -0.325 e. The minimum absolute atomic E-state index is 0.141. The zero-order valence-electron chi connectivity index (χ0n) is 18.7. The van der Waals surface area contributed by atoms with Crippen LogP contribution < -0.4 is 10.9 Å². The molecule has 1 N–H and O–H groups in total. The Balaban J connectivity index is 1.51. The lowest BCUT2D eigenvalue weighted by atomic mass is 9.90. The number of amides is 1. The molecule has 1 aromatic heterocycles. The van der Waals surface area contributed by atoms with Crippen molar-refractivity contribution in [1.29, 1.82) is 0 Å². The van der Waals surface area contributed by atoms with Gasteiger partial charge in [0.15, 0.2) is 0 Å². The maximum absolute atomic E-state index is 13.5. The molecule has 5 heteroatoms. The number of para-hydroxylation sites is 1. The Hall–Kier alpha value is -4.51. The predicted molar refractivity (Wildman–Crippen MR) is 135 cm³/mol. The maximum Gasteiger partial charge on any atom is 0.265 e. The Bertz CT molecular complexity index is 1490. The van der Waals surface area contributed by atoms with Gasteiger partial charge in [0.1, 0.15) is 5.82 Å². The smallest absolute Gasteiger partial charge is 0.265 e. The molecular formula is C29H23N3O2. The first-order chi connectivity index (χ1) is 16.6. The normalized spacial score (nSPS) is 11.0. The van der Waals surface area contributed by atoms with E-state index in [9.17, 15) is 9.59 Å². The van der Waals surface area contributed by atoms with Gasteiger partial charge in [-0.3, -0.25) is 14.2 Å². The third kappa shape index (κ3) is 4.11. The monoisotopic (exact) mass is 445 g/mol. The molecule has 0 aliphatic heterocycles. The average Bonchev–Trinajstić information content (AvgIpc) is 2.86. The van der Waals surface area contributed by atoms with Gasteiger partial charge in [0.05, 0.1) is 22.5 Å². The summed E-state index contributed by atoms with van der Waals surface area (Å²) in [6.07, 6.45) is 0. The molecule has 0 fully saturated rings. The Morgan fingerprint density at radius 1 is 0.794 bits per heavy atom.